The van der Waals surface area contributed by atoms with Crippen LogP contribution >= 0.6 is 11.6 Å². The first-order valence-corrected chi connectivity index (χ1v) is 8.00. The van der Waals surface area contributed by atoms with E-state index in [0.717, 1.165) is 13.1 Å². The van der Waals surface area contributed by atoms with Gasteiger partial charge in [-0.2, -0.15) is 4.31 Å². The fraction of sp³-hybridized carbons (Fsp3) is 0.143. The van der Waals surface area contributed by atoms with Crippen molar-refractivity contribution >= 4 is 21.6 Å². The molecule has 0 aromatic heterocycles. The number of nitrogens with zero attached hydrogens (tertiary/aromatic N) is 1. The molecule has 23 heavy (non-hydrogen) atoms. The van der Waals surface area contributed by atoms with Crippen molar-refractivity contribution < 1.29 is 26.0 Å². The van der Waals surface area contributed by atoms with E-state index in [2.05, 4.69) is 0 Å². The van der Waals surface area contributed by atoms with E-state index < -0.39 is 44.7 Å². The minimum Gasteiger partial charge on any atom is -0.207 e. The summed E-state index contributed by atoms with van der Waals surface area (Å²) in [6.07, 6.45) is 0. The lowest BCUT2D eigenvalue weighted by molar-refractivity contribution is 0.419. The molecule has 3 nitrogen and oxygen atoms in total. The zero-order chi connectivity index (χ0) is 17.4. The van der Waals surface area contributed by atoms with Gasteiger partial charge in [0.1, 0.15) is 10.7 Å². The molecule has 0 aliphatic rings. The van der Waals surface area contributed by atoms with Crippen LogP contribution in [0.25, 0.3) is 0 Å². The molecule has 0 saturated heterocycles. The van der Waals surface area contributed by atoms with Gasteiger partial charge in [0.25, 0.3) is 0 Å². The number of sulfonamides is 1. The molecule has 0 heterocycles. The lowest BCUT2D eigenvalue weighted by Crippen LogP contribution is -2.28. The number of hydrogen-bond donors (Lipinski definition) is 0. The Kier molecular flexibility index (Phi) is 4.98. The Morgan fingerprint density at radius 2 is 1.65 bits per heavy atom. The van der Waals surface area contributed by atoms with E-state index in [-0.39, 0.29) is 10.6 Å². The molecule has 0 aliphatic heterocycles. The van der Waals surface area contributed by atoms with Crippen molar-refractivity contribution in [3.05, 3.63) is 64.2 Å². The quantitative estimate of drug-likeness (QED) is 0.610. The number of benzene rings is 2. The van der Waals surface area contributed by atoms with Crippen LogP contribution < -0.4 is 0 Å². The number of halogens is 5. The topological polar surface area (TPSA) is 37.4 Å². The van der Waals surface area contributed by atoms with Gasteiger partial charge >= 0.3 is 0 Å². The summed E-state index contributed by atoms with van der Waals surface area (Å²) in [5.41, 5.74) is -0.122. The van der Waals surface area contributed by atoms with Gasteiger partial charge in [-0.1, -0.05) is 17.7 Å². The molecule has 2 rings (SSSR count). The summed E-state index contributed by atoms with van der Waals surface area (Å²) in [7, 11) is -3.47. The first-order chi connectivity index (χ1) is 10.7. The summed E-state index contributed by atoms with van der Waals surface area (Å²) in [5, 5.41) is -0.0159. The van der Waals surface area contributed by atoms with E-state index in [9.17, 15) is 26.0 Å². The third-order valence-corrected chi connectivity index (χ3v) is 5.31. The van der Waals surface area contributed by atoms with Gasteiger partial charge in [0.05, 0.1) is 0 Å². The predicted octanol–water partition coefficient (Wildman–Crippen LogP) is 3.72. The predicted molar refractivity (Wildman–Crippen MR) is 76.4 cm³/mol. The summed E-state index contributed by atoms with van der Waals surface area (Å²) in [6, 6.07) is 4.88. The van der Waals surface area contributed by atoms with Crippen LogP contribution in [0, 0.1) is 23.3 Å². The Morgan fingerprint density at radius 3 is 2.26 bits per heavy atom. The summed E-state index contributed by atoms with van der Waals surface area (Å²) >= 11 is 5.80. The first-order valence-electron chi connectivity index (χ1n) is 6.19. The minimum absolute atomic E-state index is 0.0159. The van der Waals surface area contributed by atoms with Crippen LogP contribution in [0.5, 0.6) is 0 Å². The standard InChI is InChI=1S/C14H10ClF4NO2S/c1-20(7-8-9(15)3-2-4-10(8)16)23(21,22)12-6-5-11(17)13(18)14(12)19/h2-6H,7H2,1H3. The van der Waals surface area contributed by atoms with Gasteiger partial charge in [0, 0.05) is 24.2 Å². The van der Waals surface area contributed by atoms with Gasteiger partial charge in [0.15, 0.2) is 17.5 Å². The summed E-state index contributed by atoms with van der Waals surface area (Å²) < 4.78 is 78.7. The SMILES string of the molecule is CN(Cc1c(F)cccc1Cl)S(=O)(=O)c1ccc(F)c(F)c1F. The second-order valence-electron chi connectivity index (χ2n) is 4.63. The third kappa shape index (κ3) is 3.34. The highest BCUT2D eigenvalue weighted by atomic mass is 35.5. The van der Waals surface area contributed by atoms with Crippen molar-refractivity contribution in [2.24, 2.45) is 0 Å². The number of hydrogen-bond acceptors (Lipinski definition) is 2. The molecule has 0 fully saturated rings. The van der Waals surface area contributed by atoms with E-state index in [4.69, 9.17) is 11.6 Å². The molecule has 0 N–H and O–H groups in total. The third-order valence-electron chi connectivity index (χ3n) is 3.13. The van der Waals surface area contributed by atoms with Crippen LogP contribution in [0.1, 0.15) is 5.56 Å². The van der Waals surface area contributed by atoms with Gasteiger partial charge in [-0.05, 0) is 24.3 Å². The maximum atomic E-state index is 13.7. The molecule has 0 radical (unpaired) electrons. The van der Waals surface area contributed by atoms with Crippen molar-refractivity contribution in [1.82, 2.24) is 4.31 Å². The highest BCUT2D eigenvalue weighted by molar-refractivity contribution is 7.89. The Balaban J connectivity index is 2.42. The lowest BCUT2D eigenvalue weighted by Gasteiger charge is -2.19. The van der Waals surface area contributed by atoms with Crippen molar-refractivity contribution in [3.63, 3.8) is 0 Å². The minimum atomic E-state index is -4.51. The molecule has 0 aliphatic carbocycles. The van der Waals surface area contributed by atoms with Crippen LogP contribution in [0.15, 0.2) is 35.2 Å². The van der Waals surface area contributed by atoms with Crippen molar-refractivity contribution in [2.45, 2.75) is 11.4 Å². The molecule has 0 atom stereocenters. The average molecular weight is 368 g/mol. The summed E-state index contributed by atoms with van der Waals surface area (Å²) in [5.74, 6) is -5.99. The Hall–Kier alpha value is -1.64. The Labute approximate surface area is 135 Å². The van der Waals surface area contributed by atoms with Crippen molar-refractivity contribution in [1.29, 1.82) is 0 Å². The highest BCUT2D eigenvalue weighted by Crippen LogP contribution is 2.26. The van der Waals surface area contributed by atoms with Gasteiger partial charge in [-0.15, -0.1) is 0 Å². The number of rotatable bonds is 4. The van der Waals surface area contributed by atoms with Gasteiger partial charge in [-0.3, -0.25) is 0 Å². The zero-order valence-electron chi connectivity index (χ0n) is 11.7. The van der Waals surface area contributed by atoms with E-state index in [1.807, 2.05) is 0 Å². The Bertz CT molecular complexity index is 838. The second-order valence-corrected chi connectivity index (χ2v) is 7.06. The van der Waals surface area contributed by atoms with Crippen LogP contribution in [0.2, 0.25) is 5.02 Å². The molecule has 0 spiro atoms. The fourth-order valence-electron chi connectivity index (χ4n) is 1.87. The molecule has 0 saturated carbocycles. The van der Waals surface area contributed by atoms with E-state index in [1.165, 1.54) is 12.1 Å². The molecule has 124 valence electrons. The van der Waals surface area contributed by atoms with Crippen molar-refractivity contribution in [2.75, 3.05) is 7.05 Å². The molecular weight excluding hydrogens is 358 g/mol. The van der Waals surface area contributed by atoms with E-state index >= 15 is 0 Å². The lowest BCUT2D eigenvalue weighted by atomic mass is 10.2. The van der Waals surface area contributed by atoms with Crippen LogP contribution in [-0.2, 0) is 16.6 Å². The Morgan fingerprint density at radius 1 is 1.00 bits per heavy atom. The van der Waals surface area contributed by atoms with Gasteiger partial charge in [0.2, 0.25) is 10.0 Å². The maximum absolute atomic E-state index is 13.7. The van der Waals surface area contributed by atoms with E-state index in [1.54, 1.807) is 0 Å². The molecule has 2 aromatic carbocycles. The first kappa shape index (κ1) is 17.7. The summed E-state index contributed by atoms with van der Waals surface area (Å²) in [6.45, 7) is -0.508. The zero-order valence-corrected chi connectivity index (χ0v) is 13.2. The molecule has 0 amide bonds. The molecule has 2 aromatic rings. The fourth-order valence-corrected chi connectivity index (χ4v) is 3.28. The highest BCUT2D eigenvalue weighted by Gasteiger charge is 2.28. The maximum Gasteiger partial charge on any atom is 0.246 e. The molecule has 9 heteroatoms. The summed E-state index contributed by atoms with van der Waals surface area (Å²) in [4.78, 5) is -1.05. The van der Waals surface area contributed by atoms with Gasteiger partial charge < -0.3 is 0 Å². The normalized spacial score (nSPS) is 12.0. The molecular formula is C14H10ClF4NO2S. The average Bonchev–Trinajstić information content (AvgIpc) is 2.48. The van der Waals surface area contributed by atoms with Gasteiger partial charge in [-0.25, -0.2) is 26.0 Å². The molecule has 0 bridgehead atoms. The van der Waals surface area contributed by atoms with Crippen molar-refractivity contribution in [3.8, 4) is 0 Å². The smallest absolute Gasteiger partial charge is 0.207 e. The largest absolute Gasteiger partial charge is 0.246 e. The monoisotopic (exact) mass is 367 g/mol. The van der Waals surface area contributed by atoms with Crippen LogP contribution in [-0.4, -0.2) is 19.8 Å². The van der Waals surface area contributed by atoms with Crippen LogP contribution in [0.3, 0.4) is 0 Å². The molecule has 0 unspecified atom stereocenters. The van der Waals surface area contributed by atoms with Crippen LogP contribution in [0.4, 0.5) is 17.6 Å². The van der Waals surface area contributed by atoms with E-state index in [0.29, 0.717) is 16.4 Å². The second kappa shape index (κ2) is 6.46.